The summed E-state index contributed by atoms with van der Waals surface area (Å²) in [6.07, 6.45) is 1.63. The third-order valence-electron chi connectivity index (χ3n) is 5.94. The molecular weight excluding hydrogens is 477 g/mol. The molecule has 2 heterocycles. The van der Waals surface area contributed by atoms with Crippen molar-refractivity contribution in [1.82, 2.24) is 0 Å². The van der Waals surface area contributed by atoms with E-state index in [-0.39, 0.29) is 27.1 Å². The van der Waals surface area contributed by atoms with Crippen LogP contribution in [0.3, 0.4) is 0 Å². The standard InChI is InChI=1S/C26H19Cl2NO5/c27-17-11-18(28)13-19(12-17)29-23(15-3-1-5-20(30)10-15)22(25(32)26(29)33)24(31)16-6-7-21-14(9-16)4-2-8-34-21/h1,3,5-7,9-13,23,30-31H,2,4,8H2/b24-22-. The van der Waals surface area contributed by atoms with Crippen LogP contribution in [-0.2, 0) is 16.0 Å². The van der Waals surface area contributed by atoms with E-state index < -0.39 is 17.7 Å². The molecule has 34 heavy (non-hydrogen) atoms. The normalized spacial score (nSPS) is 19.1. The fraction of sp³-hybridized carbons (Fsp3) is 0.154. The number of hydrogen-bond donors (Lipinski definition) is 2. The summed E-state index contributed by atoms with van der Waals surface area (Å²) in [5, 5.41) is 22.0. The summed E-state index contributed by atoms with van der Waals surface area (Å²) in [7, 11) is 0. The molecule has 0 aromatic heterocycles. The number of phenols is 1. The van der Waals surface area contributed by atoms with Crippen molar-refractivity contribution >= 4 is 46.3 Å². The topological polar surface area (TPSA) is 87.1 Å². The highest BCUT2D eigenvalue weighted by Gasteiger charge is 2.47. The lowest BCUT2D eigenvalue weighted by Gasteiger charge is -2.26. The number of hydrogen-bond acceptors (Lipinski definition) is 5. The van der Waals surface area contributed by atoms with E-state index in [1.165, 1.54) is 35.2 Å². The molecule has 0 aliphatic carbocycles. The quantitative estimate of drug-likeness (QED) is 0.278. The molecule has 8 heteroatoms. The molecule has 2 aliphatic rings. The van der Waals surface area contributed by atoms with Gasteiger partial charge in [0.25, 0.3) is 11.7 Å². The van der Waals surface area contributed by atoms with Gasteiger partial charge in [-0.25, -0.2) is 0 Å². The van der Waals surface area contributed by atoms with E-state index in [0.717, 1.165) is 24.2 Å². The Kier molecular flexibility index (Phi) is 5.71. The second-order valence-electron chi connectivity index (χ2n) is 8.17. The molecule has 1 fully saturated rings. The fourth-order valence-corrected chi connectivity index (χ4v) is 4.97. The summed E-state index contributed by atoms with van der Waals surface area (Å²) in [5.41, 5.74) is 1.96. The molecule has 0 saturated carbocycles. The second kappa shape index (κ2) is 8.70. The molecule has 3 aromatic carbocycles. The van der Waals surface area contributed by atoms with Crippen LogP contribution in [0.25, 0.3) is 5.76 Å². The van der Waals surface area contributed by atoms with Crippen LogP contribution in [-0.4, -0.2) is 28.5 Å². The Morgan fingerprint density at radius 1 is 1.00 bits per heavy atom. The molecule has 2 aliphatic heterocycles. The van der Waals surface area contributed by atoms with E-state index in [2.05, 4.69) is 0 Å². The number of benzene rings is 3. The second-order valence-corrected chi connectivity index (χ2v) is 9.04. The lowest BCUT2D eigenvalue weighted by Crippen LogP contribution is -2.29. The number of carbonyl (C=O) groups is 2. The van der Waals surface area contributed by atoms with Gasteiger partial charge in [0.1, 0.15) is 17.3 Å². The van der Waals surface area contributed by atoms with Crippen LogP contribution in [0.1, 0.15) is 29.2 Å². The Hall–Kier alpha value is -3.48. The number of rotatable bonds is 3. The maximum absolute atomic E-state index is 13.3. The first-order valence-electron chi connectivity index (χ1n) is 10.7. The largest absolute Gasteiger partial charge is 0.508 e. The van der Waals surface area contributed by atoms with Crippen molar-refractivity contribution in [3.63, 3.8) is 0 Å². The van der Waals surface area contributed by atoms with Crippen molar-refractivity contribution in [2.45, 2.75) is 18.9 Å². The average molecular weight is 496 g/mol. The number of ketones is 1. The highest BCUT2D eigenvalue weighted by atomic mass is 35.5. The van der Waals surface area contributed by atoms with Crippen molar-refractivity contribution in [1.29, 1.82) is 0 Å². The first kappa shape index (κ1) is 22.3. The number of phenolic OH excluding ortho intramolecular Hbond substituents is 1. The number of amides is 1. The number of aryl methyl sites for hydroxylation is 1. The summed E-state index contributed by atoms with van der Waals surface area (Å²) in [6.45, 7) is 0.628. The van der Waals surface area contributed by atoms with Gasteiger partial charge in [-0.1, -0.05) is 35.3 Å². The molecule has 0 spiro atoms. The van der Waals surface area contributed by atoms with Crippen LogP contribution < -0.4 is 9.64 Å². The molecule has 6 nitrogen and oxygen atoms in total. The molecule has 1 atom stereocenters. The number of anilines is 1. The highest BCUT2D eigenvalue weighted by Crippen LogP contribution is 2.44. The van der Waals surface area contributed by atoms with Crippen molar-refractivity contribution in [3.8, 4) is 11.5 Å². The number of ether oxygens (including phenoxy) is 1. The van der Waals surface area contributed by atoms with E-state index in [1.807, 2.05) is 0 Å². The van der Waals surface area contributed by atoms with Gasteiger partial charge in [-0.3, -0.25) is 14.5 Å². The lowest BCUT2D eigenvalue weighted by atomic mass is 9.93. The highest BCUT2D eigenvalue weighted by molar-refractivity contribution is 6.52. The fourth-order valence-electron chi connectivity index (χ4n) is 4.45. The Labute approximate surface area is 205 Å². The van der Waals surface area contributed by atoms with Gasteiger partial charge in [0.05, 0.1) is 18.2 Å². The molecule has 1 unspecified atom stereocenters. The average Bonchev–Trinajstić information content (AvgIpc) is 3.08. The van der Waals surface area contributed by atoms with Crippen LogP contribution in [0.5, 0.6) is 11.5 Å². The van der Waals surface area contributed by atoms with Crippen molar-refractivity contribution in [2.24, 2.45) is 0 Å². The molecule has 2 N–H and O–H groups in total. The zero-order chi connectivity index (χ0) is 24.0. The number of aromatic hydroxyl groups is 1. The minimum Gasteiger partial charge on any atom is -0.508 e. The number of fused-ring (bicyclic) bond motifs is 1. The summed E-state index contributed by atoms with van der Waals surface area (Å²) < 4.78 is 5.64. The molecule has 3 aromatic rings. The van der Waals surface area contributed by atoms with Crippen molar-refractivity contribution in [2.75, 3.05) is 11.5 Å². The van der Waals surface area contributed by atoms with Gasteiger partial charge in [0, 0.05) is 21.3 Å². The van der Waals surface area contributed by atoms with E-state index >= 15 is 0 Å². The summed E-state index contributed by atoms with van der Waals surface area (Å²) in [6, 6.07) is 14.9. The molecule has 1 amide bonds. The predicted octanol–water partition coefficient (Wildman–Crippen LogP) is 5.65. The molecule has 5 rings (SSSR count). The maximum atomic E-state index is 13.3. The smallest absolute Gasteiger partial charge is 0.300 e. The van der Waals surface area contributed by atoms with E-state index in [0.29, 0.717) is 23.4 Å². The van der Waals surface area contributed by atoms with Gasteiger partial charge in [-0.15, -0.1) is 0 Å². The van der Waals surface area contributed by atoms with E-state index in [9.17, 15) is 19.8 Å². The van der Waals surface area contributed by atoms with Crippen LogP contribution in [0, 0.1) is 0 Å². The van der Waals surface area contributed by atoms with Gasteiger partial charge < -0.3 is 14.9 Å². The third-order valence-corrected chi connectivity index (χ3v) is 6.37. The number of carbonyl (C=O) groups excluding carboxylic acids is 2. The number of halogens is 2. The molecular formula is C26H19Cl2NO5. The molecule has 0 bridgehead atoms. The molecule has 0 radical (unpaired) electrons. The monoisotopic (exact) mass is 495 g/mol. The Morgan fingerprint density at radius 3 is 2.50 bits per heavy atom. The Morgan fingerprint density at radius 2 is 1.76 bits per heavy atom. The Balaban J connectivity index is 1.72. The molecule has 172 valence electrons. The van der Waals surface area contributed by atoms with Crippen LogP contribution in [0.2, 0.25) is 10.0 Å². The van der Waals surface area contributed by atoms with Crippen molar-refractivity contribution in [3.05, 3.63) is 93.0 Å². The number of aliphatic hydroxyl groups excluding tert-OH is 1. The van der Waals surface area contributed by atoms with Gasteiger partial charge >= 0.3 is 0 Å². The van der Waals surface area contributed by atoms with Crippen molar-refractivity contribution < 1.29 is 24.5 Å². The minimum atomic E-state index is -1.01. The van der Waals surface area contributed by atoms with E-state index in [4.69, 9.17) is 27.9 Å². The number of nitrogens with zero attached hydrogens (tertiary/aromatic N) is 1. The van der Waals surface area contributed by atoms with Gasteiger partial charge in [0.15, 0.2) is 0 Å². The SMILES string of the molecule is O=C1C(=O)N(c2cc(Cl)cc(Cl)c2)C(c2cccc(O)c2)/C1=C(/O)c1ccc2c(c1)CCCO2. The number of Topliss-reactive ketones (excluding diaryl/α,β-unsaturated/α-hetero) is 1. The number of aliphatic hydroxyl groups is 1. The summed E-state index contributed by atoms with van der Waals surface area (Å²) in [4.78, 5) is 27.7. The van der Waals surface area contributed by atoms with E-state index in [1.54, 1.807) is 30.3 Å². The van der Waals surface area contributed by atoms with Gasteiger partial charge in [-0.05, 0) is 72.5 Å². The third kappa shape index (κ3) is 3.89. The predicted molar refractivity (Wildman–Crippen MR) is 130 cm³/mol. The first-order valence-corrected chi connectivity index (χ1v) is 11.4. The van der Waals surface area contributed by atoms with Gasteiger partial charge in [0.2, 0.25) is 0 Å². The van der Waals surface area contributed by atoms with Crippen LogP contribution in [0.4, 0.5) is 5.69 Å². The van der Waals surface area contributed by atoms with Crippen LogP contribution >= 0.6 is 23.2 Å². The lowest BCUT2D eigenvalue weighted by molar-refractivity contribution is -0.132. The minimum absolute atomic E-state index is 0.0434. The maximum Gasteiger partial charge on any atom is 0.300 e. The Bertz CT molecular complexity index is 1350. The van der Waals surface area contributed by atoms with Crippen LogP contribution in [0.15, 0.2) is 66.2 Å². The first-order chi connectivity index (χ1) is 16.3. The zero-order valence-corrected chi connectivity index (χ0v) is 19.3. The van der Waals surface area contributed by atoms with Gasteiger partial charge in [-0.2, -0.15) is 0 Å². The zero-order valence-electron chi connectivity index (χ0n) is 17.8. The summed E-state index contributed by atoms with van der Waals surface area (Å²) in [5.74, 6) is -1.30. The molecule has 1 saturated heterocycles. The summed E-state index contributed by atoms with van der Waals surface area (Å²) >= 11 is 12.3.